The van der Waals surface area contributed by atoms with Gasteiger partial charge in [-0.3, -0.25) is 0 Å². The van der Waals surface area contributed by atoms with Crippen LogP contribution >= 0.6 is 34.5 Å². The standard InChI is InChI=1S/C16H15Cl2N3S/c1-3-21(4-2)14-13-12(10-5-7-11(17)8-6-10)9-22-15(13)20-16(18)19-14/h5-9H,3-4H2,1-2H3. The average molecular weight is 352 g/mol. The summed E-state index contributed by atoms with van der Waals surface area (Å²) in [6.07, 6.45) is 0. The lowest BCUT2D eigenvalue weighted by atomic mass is 10.1. The molecule has 0 aliphatic heterocycles. The Morgan fingerprint density at radius 1 is 1.05 bits per heavy atom. The number of hydrogen-bond acceptors (Lipinski definition) is 4. The molecule has 6 heteroatoms. The van der Waals surface area contributed by atoms with Crippen LogP contribution in [0.25, 0.3) is 21.3 Å². The molecule has 22 heavy (non-hydrogen) atoms. The maximum atomic E-state index is 6.10. The van der Waals surface area contributed by atoms with Gasteiger partial charge in [0.05, 0.1) is 5.39 Å². The van der Waals surface area contributed by atoms with E-state index < -0.39 is 0 Å². The number of fused-ring (bicyclic) bond motifs is 1. The fraction of sp³-hybridized carbons (Fsp3) is 0.250. The fourth-order valence-corrected chi connectivity index (χ4v) is 3.77. The first kappa shape index (κ1) is 15.5. The van der Waals surface area contributed by atoms with Crippen LogP contribution < -0.4 is 4.90 Å². The van der Waals surface area contributed by atoms with Gasteiger partial charge in [0, 0.05) is 29.1 Å². The van der Waals surface area contributed by atoms with Crippen molar-refractivity contribution in [2.24, 2.45) is 0 Å². The van der Waals surface area contributed by atoms with Gasteiger partial charge in [-0.05, 0) is 43.1 Å². The Hall–Kier alpha value is -1.36. The number of rotatable bonds is 4. The first-order valence-corrected chi connectivity index (χ1v) is 8.73. The lowest BCUT2D eigenvalue weighted by Gasteiger charge is -2.21. The zero-order chi connectivity index (χ0) is 15.7. The number of thiophene rings is 1. The SMILES string of the molecule is CCN(CC)c1nc(Cl)nc2scc(-c3ccc(Cl)cc3)c12. The molecule has 3 nitrogen and oxygen atoms in total. The Kier molecular flexibility index (Phi) is 4.52. The van der Waals surface area contributed by atoms with Crippen LogP contribution in [0.5, 0.6) is 0 Å². The summed E-state index contributed by atoms with van der Waals surface area (Å²) < 4.78 is 0. The molecule has 0 aliphatic carbocycles. The van der Waals surface area contributed by atoms with E-state index in [-0.39, 0.29) is 0 Å². The molecule has 2 heterocycles. The molecule has 0 radical (unpaired) electrons. The zero-order valence-electron chi connectivity index (χ0n) is 12.3. The normalized spacial score (nSPS) is 11.1. The fourth-order valence-electron chi connectivity index (χ4n) is 2.49. The number of benzene rings is 1. The molecule has 0 N–H and O–H groups in total. The minimum absolute atomic E-state index is 0.291. The number of aromatic nitrogens is 2. The van der Waals surface area contributed by atoms with Crippen molar-refractivity contribution in [2.75, 3.05) is 18.0 Å². The van der Waals surface area contributed by atoms with E-state index in [1.54, 1.807) is 11.3 Å². The summed E-state index contributed by atoms with van der Waals surface area (Å²) >= 11 is 13.7. The summed E-state index contributed by atoms with van der Waals surface area (Å²) in [6, 6.07) is 7.83. The van der Waals surface area contributed by atoms with Gasteiger partial charge in [-0.2, -0.15) is 4.98 Å². The highest BCUT2D eigenvalue weighted by Gasteiger charge is 2.18. The molecule has 0 fully saturated rings. The Labute approximate surface area is 143 Å². The highest BCUT2D eigenvalue weighted by Crippen LogP contribution is 2.39. The van der Waals surface area contributed by atoms with Crippen LogP contribution in [0.15, 0.2) is 29.6 Å². The van der Waals surface area contributed by atoms with Crippen molar-refractivity contribution in [3.05, 3.63) is 40.0 Å². The molecule has 0 saturated heterocycles. The van der Waals surface area contributed by atoms with E-state index >= 15 is 0 Å². The van der Waals surface area contributed by atoms with Gasteiger partial charge in [-0.1, -0.05) is 23.7 Å². The zero-order valence-corrected chi connectivity index (χ0v) is 14.6. The molecule has 3 rings (SSSR count). The van der Waals surface area contributed by atoms with Crippen molar-refractivity contribution in [2.45, 2.75) is 13.8 Å². The molecule has 0 atom stereocenters. The molecule has 0 amide bonds. The van der Waals surface area contributed by atoms with Gasteiger partial charge >= 0.3 is 0 Å². The van der Waals surface area contributed by atoms with Crippen LogP contribution in [-0.4, -0.2) is 23.1 Å². The largest absolute Gasteiger partial charge is 0.356 e. The highest BCUT2D eigenvalue weighted by atomic mass is 35.5. The third kappa shape index (κ3) is 2.78. The van der Waals surface area contributed by atoms with Crippen molar-refractivity contribution in [3.8, 4) is 11.1 Å². The summed E-state index contributed by atoms with van der Waals surface area (Å²) in [5.74, 6) is 0.895. The van der Waals surface area contributed by atoms with Crippen LogP contribution in [0.2, 0.25) is 10.3 Å². The third-order valence-corrected chi connectivity index (χ3v) is 4.90. The second-order valence-electron chi connectivity index (χ2n) is 4.82. The molecule has 3 aromatic rings. The first-order valence-electron chi connectivity index (χ1n) is 7.09. The van der Waals surface area contributed by atoms with Gasteiger partial charge in [0.2, 0.25) is 5.28 Å². The average Bonchev–Trinajstić information content (AvgIpc) is 2.93. The monoisotopic (exact) mass is 351 g/mol. The number of hydrogen-bond donors (Lipinski definition) is 0. The highest BCUT2D eigenvalue weighted by molar-refractivity contribution is 7.17. The molecule has 0 aliphatic rings. The van der Waals surface area contributed by atoms with E-state index in [1.807, 2.05) is 24.3 Å². The predicted molar refractivity (Wildman–Crippen MR) is 96.4 cm³/mol. The van der Waals surface area contributed by atoms with E-state index in [9.17, 15) is 0 Å². The van der Waals surface area contributed by atoms with Gasteiger partial charge < -0.3 is 4.90 Å². The number of halogens is 2. The van der Waals surface area contributed by atoms with Crippen molar-refractivity contribution >= 4 is 50.6 Å². The maximum Gasteiger partial charge on any atom is 0.225 e. The molecule has 0 saturated carbocycles. The lowest BCUT2D eigenvalue weighted by molar-refractivity contribution is 0.849. The lowest BCUT2D eigenvalue weighted by Crippen LogP contribution is -2.23. The smallest absolute Gasteiger partial charge is 0.225 e. The van der Waals surface area contributed by atoms with Crippen molar-refractivity contribution in [1.29, 1.82) is 0 Å². The van der Waals surface area contributed by atoms with Crippen LogP contribution in [0.3, 0.4) is 0 Å². The van der Waals surface area contributed by atoms with Gasteiger partial charge in [0.15, 0.2) is 0 Å². The molecule has 0 spiro atoms. The van der Waals surface area contributed by atoms with Crippen LogP contribution in [0.4, 0.5) is 5.82 Å². The summed E-state index contributed by atoms with van der Waals surface area (Å²) in [5, 5.41) is 4.18. The number of anilines is 1. The Balaban J connectivity index is 2.26. The minimum Gasteiger partial charge on any atom is -0.356 e. The van der Waals surface area contributed by atoms with Crippen LogP contribution in [0, 0.1) is 0 Å². The number of nitrogens with zero attached hydrogens (tertiary/aromatic N) is 3. The molecule has 2 aromatic heterocycles. The second kappa shape index (κ2) is 6.41. The Bertz CT molecular complexity index is 795. The van der Waals surface area contributed by atoms with Crippen molar-refractivity contribution < 1.29 is 0 Å². The van der Waals surface area contributed by atoms with Crippen LogP contribution in [0.1, 0.15) is 13.8 Å². The minimum atomic E-state index is 0.291. The Morgan fingerprint density at radius 2 is 1.73 bits per heavy atom. The molecular formula is C16H15Cl2N3S. The molecular weight excluding hydrogens is 337 g/mol. The molecule has 1 aromatic carbocycles. The van der Waals surface area contributed by atoms with E-state index in [0.717, 1.165) is 45.3 Å². The van der Waals surface area contributed by atoms with E-state index in [1.165, 1.54) is 0 Å². The van der Waals surface area contributed by atoms with E-state index in [2.05, 4.69) is 34.1 Å². The quantitative estimate of drug-likeness (QED) is 0.580. The summed E-state index contributed by atoms with van der Waals surface area (Å²) in [7, 11) is 0. The predicted octanol–water partition coefficient (Wildman–Crippen LogP) is 5.51. The van der Waals surface area contributed by atoms with E-state index in [4.69, 9.17) is 23.2 Å². The third-order valence-electron chi connectivity index (χ3n) is 3.61. The summed E-state index contributed by atoms with van der Waals surface area (Å²) in [4.78, 5) is 12.0. The molecule has 0 bridgehead atoms. The van der Waals surface area contributed by atoms with Gasteiger partial charge in [0.25, 0.3) is 0 Å². The van der Waals surface area contributed by atoms with Crippen molar-refractivity contribution in [3.63, 3.8) is 0 Å². The topological polar surface area (TPSA) is 29.0 Å². The van der Waals surface area contributed by atoms with Gasteiger partial charge in [-0.25, -0.2) is 4.98 Å². The van der Waals surface area contributed by atoms with Gasteiger partial charge in [0.1, 0.15) is 10.6 Å². The van der Waals surface area contributed by atoms with Gasteiger partial charge in [-0.15, -0.1) is 11.3 Å². The molecule has 114 valence electrons. The second-order valence-corrected chi connectivity index (χ2v) is 6.46. The van der Waals surface area contributed by atoms with E-state index in [0.29, 0.717) is 5.28 Å². The Morgan fingerprint density at radius 3 is 2.36 bits per heavy atom. The maximum absolute atomic E-state index is 6.10. The molecule has 0 unspecified atom stereocenters. The first-order chi connectivity index (χ1) is 10.6. The van der Waals surface area contributed by atoms with Crippen molar-refractivity contribution in [1.82, 2.24) is 9.97 Å². The van der Waals surface area contributed by atoms with Crippen LogP contribution in [-0.2, 0) is 0 Å². The summed E-state index contributed by atoms with van der Waals surface area (Å²) in [5.41, 5.74) is 2.23. The summed E-state index contributed by atoms with van der Waals surface area (Å²) in [6.45, 7) is 5.96.